The molecule has 1 aromatic carbocycles. The number of ether oxygens (including phenoxy) is 1. The fraction of sp³-hybridized carbons (Fsp3) is 0.667. The van der Waals surface area contributed by atoms with Crippen molar-refractivity contribution in [2.75, 3.05) is 46.3 Å². The van der Waals surface area contributed by atoms with Crippen LogP contribution in [-0.2, 0) is 0 Å². The summed E-state index contributed by atoms with van der Waals surface area (Å²) in [6, 6.07) is 10.2. The van der Waals surface area contributed by atoms with Gasteiger partial charge >= 0.3 is 0 Å². The van der Waals surface area contributed by atoms with E-state index in [0.717, 1.165) is 50.1 Å². The first-order chi connectivity index (χ1) is 12.8. The molecule has 144 valence electrons. The molecule has 0 aliphatic carbocycles. The Balaban J connectivity index is 1.42. The molecule has 0 spiro atoms. The number of benzene rings is 1. The second-order valence-corrected chi connectivity index (χ2v) is 7.45. The van der Waals surface area contributed by atoms with Crippen LogP contribution >= 0.6 is 0 Å². The first-order valence-electron chi connectivity index (χ1n) is 10.2. The summed E-state index contributed by atoms with van der Waals surface area (Å²) in [6.45, 7) is 8.94. The van der Waals surface area contributed by atoms with Crippen LogP contribution in [0.15, 0.2) is 35.3 Å². The van der Waals surface area contributed by atoms with Gasteiger partial charge in [-0.2, -0.15) is 0 Å². The molecule has 1 N–H and O–H groups in total. The minimum absolute atomic E-state index is 0.309. The lowest BCUT2D eigenvalue weighted by molar-refractivity contribution is 0.129. The van der Waals surface area contributed by atoms with Gasteiger partial charge in [0.2, 0.25) is 0 Å². The highest BCUT2D eigenvalue weighted by molar-refractivity contribution is 5.80. The Morgan fingerprint density at radius 2 is 1.92 bits per heavy atom. The summed E-state index contributed by atoms with van der Waals surface area (Å²) in [6.07, 6.45) is 5.04. The van der Waals surface area contributed by atoms with Gasteiger partial charge in [0.1, 0.15) is 11.9 Å². The Hall–Kier alpha value is -1.75. The minimum Gasteiger partial charge on any atom is -0.490 e. The van der Waals surface area contributed by atoms with E-state index in [1.807, 2.05) is 37.4 Å². The molecule has 1 atom stereocenters. The summed E-state index contributed by atoms with van der Waals surface area (Å²) in [5.41, 5.74) is 0. The molecule has 5 nitrogen and oxygen atoms in total. The molecule has 2 fully saturated rings. The van der Waals surface area contributed by atoms with Crippen LogP contribution in [0.5, 0.6) is 5.75 Å². The summed E-state index contributed by atoms with van der Waals surface area (Å²) in [7, 11) is 1.90. The van der Waals surface area contributed by atoms with Crippen molar-refractivity contribution in [3.05, 3.63) is 30.3 Å². The highest BCUT2D eigenvalue weighted by Crippen LogP contribution is 2.19. The molecule has 1 aromatic rings. The van der Waals surface area contributed by atoms with Crippen molar-refractivity contribution in [3.8, 4) is 5.75 Å². The van der Waals surface area contributed by atoms with Crippen molar-refractivity contribution in [3.63, 3.8) is 0 Å². The Labute approximate surface area is 158 Å². The third kappa shape index (κ3) is 5.37. The standard InChI is InChI=1S/C21H34N4O/c1-3-24-13-7-8-18(17-24)16-23-21(22-2)25-14-11-20(12-15-25)26-19-9-5-4-6-10-19/h4-6,9-10,18,20H,3,7-8,11-17H2,1-2H3,(H,22,23). The van der Waals surface area contributed by atoms with E-state index in [9.17, 15) is 0 Å². The number of guanidine groups is 1. The van der Waals surface area contributed by atoms with Gasteiger partial charge < -0.3 is 19.9 Å². The topological polar surface area (TPSA) is 40.1 Å². The average molecular weight is 359 g/mol. The molecule has 1 unspecified atom stereocenters. The molecule has 2 aliphatic rings. The molecule has 3 rings (SSSR count). The van der Waals surface area contributed by atoms with Crippen molar-refractivity contribution in [1.82, 2.24) is 15.1 Å². The first kappa shape index (κ1) is 19.0. The summed E-state index contributed by atoms with van der Waals surface area (Å²) >= 11 is 0. The minimum atomic E-state index is 0.309. The maximum Gasteiger partial charge on any atom is 0.193 e. The quantitative estimate of drug-likeness (QED) is 0.649. The van der Waals surface area contributed by atoms with Crippen molar-refractivity contribution < 1.29 is 4.74 Å². The second-order valence-electron chi connectivity index (χ2n) is 7.45. The lowest BCUT2D eigenvalue weighted by Crippen LogP contribution is -2.49. The monoisotopic (exact) mass is 358 g/mol. The molecule has 2 heterocycles. The Morgan fingerprint density at radius 3 is 2.62 bits per heavy atom. The number of piperidine rings is 2. The van der Waals surface area contributed by atoms with E-state index < -0.39 is 0 Å². The van der Waals surface area contributed by atoms with Crippen molar-refractivity contribution in [2.45, 2.75) is 38.7 Å². The van der Waals surface area contributed by atoms with Gasteiger partial charge in [0.15, 0.2) is 5.96 Å². The van der Waals surface area contributed by atoms with E-state index in [1.165, 1.54) is 32.5 Å². The molecule has 2 aliphatic heterocycles. The Morgan fingerprint density at radius 1 is 1.15 bits per heavy atom. The van der Waals surface area contributed by atoms with Gasteiger partial charge in [0, 0.05) is 46.1 Å². The molecular weight excluding hydrogens is 324 g/mol. The van der Waals surface area contributed by atoms with Crippen LogP contribution in [0.1, 0.15) is 32.6 Å². The van der Waals surface area contributed by atoms with Crippen LogP contribution in [0, 0.1) is 5.92 Å². The van der Waals surface area contributed by atoms with Crippen LogP contribution in [0.4, 0.5) is 0 Å². The van der Waals surface area contributed by atoms with E-state index in [4.69, 9.17) is 4.74 Å². The van der Waals surface area contributed by atoms with Gasteiger partial charge in [-0.3, -0.25) is 4.99 Å². The Kier molecular flexibility index (Phi) is 7.18. The fourth-order valence-corrected chi connectivity index (χ4v) is 4.05. The second kappa shape index (κ2) is 9.81. The van der Waals surface area contributed by atoms with Crippen molar-refractivity contribution in [2.24, 2.45) is 10.9 Å². The number of rotatable bonds is 5. The Bertz CT molecular complexity index is 554. The molecular formula is C21H34N4O. The first-order valence-corrected chi connectivity index (χ1v) is 10.2. The maximum absolute atomic E-state index is 6.10. The van der Waals surface area contributed by atoms with Crippen molar-refractivity contribution in [1.29, 1.82) is 0 Å². The number of hydrogen-bond donors (Lipinski definition) is 1. The number of likely N-dealkylation sites (tertiary alicyclic amines) is 2. The highest BCUT2D eigenvalue weighted by atomic mass is 16.5. The van der Waals surface area contributed by atoms with Gasteiger partial charge in [-0.05, 0) is 44.0 Å². The lowest BCUT2D eigenvalue weighted by atomic mass is 9.98. The summed E-state index contributed by atoms with van der Waals surface area (Å²) < 4.78 is 6.10. The summed E-state index contributed by atoms with van der Waals surface area (Å²) in [5.74, 6) is 2.77. The lowest BCUT2D eigenvalue weighted by Gasteiger charge is -2.36. The van der Waals surface area contributed by atoms with Gasteiger partial charge in [0.25, 0.3) is 0 Å². The van der Waals surface area contributed by atoms with Crippen LogP contribution in [0.3, 0.4) is 0 Å². The van der Waals surface area contributed by atoms with Crippen LogP contribution < -0.4 is 10.1 Å². The zero-order valence-electron chi connectivity index (χ0n) is 16.4. The normalized spacial score (nSPS) is 23.1. The van der Waals surface area contributed by atoms with Gasteiger partial charge in [-0.25, -0.2) is 0 Å². The summed E-state index contributed by atoms with van der Waals surface area (Å²) in [5, 5.41) is 3.63. The van der Waals surface area contributed by atoms with E-state index in [0.29, 0.717) is 6.10 Å². The molecule has 0 amide bonds. The number of nitrogens with one attached hydrogen (secondary N) is 1. The highest BCUT2D eigenvalue weighted by Gasteiger charge is 2.24. The van der Waals surface area contributed by atoms with Gasteiger partial charge in [-0.1, -0.05) is 25.1 Å². The molecule has 26 heavy (non-hydrogen) atoms. The predicted octanol–water partition coefficient (Wildman–Crippen LogP) is 2.84. The third-order valence-electron chi connectivity index (χ3n) is 5.60. The zero-order chi connectivity index (χ0) is 18.2. The van der Waals surface area contributed by atoms with E-state index in [2.05, 4.69) is 27.0 Å². The largest absolute Gasteiger partial charge is 0.490 e. The molecule has 5 heteroatoms. The van der Waals surface area contributed by atoms with Crippen molar-refractivity contribution >= 4 is 5.96 Å². The smallest absolute Gasteiger partial charge is 0.193 e. The third-order valence-corrected chi connectivity index (χ3v) is 5.60. The summed E-state index contributed by atoms with van der Waals surface area (Å²) in [4.78, 5) is 9.46. The van der Waals surface area contributed by atoms with Crippen LogP contribution in [0.25, 0.3) is 0 Å². The fourth-order valence-electron chi connectivity index (χ4n) is 4.05. The van der Waals surface area contributed by atoms with Gasteiger partial charge in [-0.15, -0.1) is 0 Å². The molecule has 0 aromatic heterocycles. The molecule has 2 saturated heterocycles. The molecule has 0 radical (unpaired) electrons. The SMILES string of the molecule is CCN1CCCC(CNC(=NC)N2CCC(Oc3ccccc3)CC2)C1. The number of aliphatic imine (C=N–C) groups is 1. The molecule has 0 bridgehead atoms. The van der Waals surface area contributed by atoms with Crippen LogP contribution in [-0.4, -0.2) is 68.2 Å². The predicted molar refractivity (Wildman–Crippen MR) is 108 cm³/mol. The van der Waals surface area contributed by atoms with Crippen LogP contribution in [0.2, 0.25) is 0 Å². The number of nitrogens with zero attached hydrogens (tertiary/aromatic N) is 3. The zero-order valence-corrected chi connectivity index (χ0v) is 16.4. The number of hydrogen-bond acceptors (Lipinski definition) is 3. The molecule has 0 saturated carbocycles. The average Bonchev–Trinajstić information content (AvgIpc) is 2.70. The van der Waals surface area contributed by atoms with Gasteiger partial charge in [0.05, 0.1) is 0 Å². The van der Waals surface area contributed by atoms with E-state index in [1.54, 1.807) is 0 Å². The maximum atomic E-state index is 6.10. The van der Waals surface area contributed by atoms with E-state index >= 15 is 0 Å². The number of para-hydroxylation sites is 1. The van der Waals surface area contributed by atoms with E-state index in [-0.39, 0.29) is 0 Å².